The zero-order valence-electron chi connectivity index (χ0n) is 13.7. The van der Waals surface area contributed by atoms with Gasteiger partial charge in [-0.3, -0.25) is 0 Å². The van der Waals surface area contributed by atoms with Gasteiger partial charge in [0.2, 0.25) is 0 Å². The van der Waals surface area contributed by atoms with Gasteiger partial charge in [-0.1, -0.05) is 52.0 Å². The van der Waals surface area contributed by atoms with E-state index < -0.39 is 0 Å². The molecule has 0 heterocycles. The van der Waals surface area contributed by atoms with Crippen LogP contribution in [-0.4, -0.2) is 12.6 Å². The fraction of sp³-hybridized carbons (Fsp3) is 0.684. The van der Waals surface area contributed by atoms with Gasteiger partial charge in [-0.2, -0.15) is 0 Å². The fourth-order valence-electron chi connectivity index (χ4n) is 3.30. The Morgan fingerprint density at radius 2 is 1.75 bits per heavy atom. The molecule has 20 heavy (non-hydrogen) atoms. The van der Waals surface area contributed by atoms with E-state index in [1.807, 2.05) is 0 Å². The van der Waals surface area contributed by atoms with E-state index in [2.05, 4.69) is 57.3 Å². The van der Waals surface area contributed by atoms with Gasteiger partial charge in [-0.25, -0.2) is 0 Å². The molecule has 2 rings (SSSR count). The lowest BCUT2D eigenvalue weighted by Crippen LogP contribution is -2.38. The molecule has 1 atom stereocenters. The molecule has 0 saturated heterocycles. The lowest BCUT2D eigenvalue weighted by molar-refractivity contribution is 0.281. The Morgan fingerprint density at radius 3 is 2.25 bits per heavy atom. The van der Waals surface area contributed by atoms with Gasteiger partial charge in [0.15, 0.2) is 0 Å². The SMILES string of the molecule is CCCNC(CCC(C)(C)C)C1Cc2ccccc2C1. The first-order chi connectivity index (χ1) is 9.49. The number of hydrogen-bond acceptors (Lipinski definition) is 1. The summed E-state index contributed by atoms with van der Waals surface area (Å²) in [6.07, 6.45) is 6.37. The number of nitrogens with one attached hydrogen (secondary N) is 1. The lowest BCUT2D eigenvalue weighted by atomic mass is 9.84. The maximum Gasteiger partial charge on any atom is 0.0102 e. The summed E-state index contributed by atoms with van der Waals surface area (Å²) in [4.78, 5) is 0. The van der Waals surface area contributed by atoms with E-state index in [1.165, 1.54) is 32.1 Å². The maximum atomic E-state index is 3.82. The number of fused-ring (bicyclic) bond motifs is 1. The molecule has 0 bridgehead atoms. The molecule has 0 fully saturated rings. The largest absolute Gasteiger partial charge is 0.314 e. The molecule has 112 valence electrons. The summed E-state index contributed by atoms with van der Waals surface area (Å²) >= 11 is 0. The van der Waals surface area contributed by atoms with E-state index in [4.69, 9.17) is 0 Å². The van der Waals surface area contributed by atoms with Gasteiger partial charge in [-0.15, -0.1) is 0 Å². The molecule has 1 unspecified atom stereocenters. The minimum atomic E-state index is 0.442. The van der Waals surface area contributed by atoms with Crippen LogP contribution in [0, 0.1) is 11.3 Å². The summed E-state index contributed by atoms with van der Waals surface area (Å²) in [5, 5.41) is 3.82. The van der Waals surface area contributed by atoms with Crippen molar-refractivity contribution in [3.8, 4) is 0 Å². The Kier molecular flexibility index (Phi) is 5.26. The van der Waals surface area contributed by atoms with Crippen molar-refractivity contribution in [1.29, 1.82) is 0 Å². The van der Waals surface area contributed by atoms with Gasteiger partial charge in [0.25, 0.3) is 0 Å². The Bertz CT molecular complexity index is 391. The van der Waals surface area contributed by atoms with Crippen molar-refractivity contribution >= 4 is 0 Å². The number of benzene rings is 1. The summed E-state index contributed by atoms with van der Waals surface area (Å²) in [5.74, 6) is 0.793. The molecule has 0 radical (unpaired) electrons. The zero-order valence-corrected chi connectivity index (χ0v) is 13.7. The Morgan fingerprint density at radius 1 is 1.15 bits per heavy atom. The summed E-state index contributed by atoms with van der Waals surface area (Å²) in [7, 11) is 0. The molecule has 1 heteroatoms. The summed E-state index contributed by atoms with van der Waals surface area (Å²) in [5.41, 5.74) is 3.60. The van der Waals surface area contributed by atoms with Gasteiger partial charge < -0.3 is 5.32 Å². The molecule has 1 aromatic carbocycles. The highest BCUT2D eigenvalue weighted by molar-refractivity contribution is 5.32. The average molecular weight is 273 g/mol. The van der Waals surface area contributed by atoms with E-state index in [9.17, 15) is 0 Å². The number of rotatable bonds is 6. The molecule has 1 aliphatic rings. The zero-order chi connectivity index (χ0) is 14.6. The third-order valence-corrected chi connectivity index (χ3v) is 4.51. The van der Waals surface area contributed by atoms with Gasteiger partial charge in [0.05, 0.1) is 0 Å². The smallest absolute Gasteiger partial charge is 0.0102 e. The van der Waals surface area contributed by atoms with Crippen LogP contribution in [0.2, 0.25) is 0 Å². The van der Waals surface area contributed by atoms with Crippen LogP contribution in [0.25, 0.3) is 0 Å². The van der Waals surface area contributed by atoms with Gasteiger partial charge in [0.1, 0.15) is 0 Å². The monoisotopic (exact) mass is 273 g/mol. The van der Waals surface area contributed by atoms with Crippen molar-refractivity contribution < 1.29 is 0 Å². The maximum absolute atomic E-state index is 3.82. The summed E-state index contributed by atoms with van der Waals surface area (Å²) < 4.78 is 0. The molecule has 1 nitrogen and oxygen atoms in total. The molecule has 1 N–H and O–H groups in total. The molecule has 0 amide bonds. The second-order valence-corrected chi connectivity index (χ2v) is 7.60. The predicted octanol–water partition coefficient (Wildman–Crippen LogP) is 4.60. The average Bonchev–Trinajstić information content (AvgIpc) is 2.81. The molecule has 0 spiro atoms. The lowest BCUT2D eigenvalue weighted by Gasteiger charge is -2.28. The van der Waals surface area contributed by atoms with Crippen molar-refractivity contribution in [2.45, 2.75) is 65.8 Å². The third kappa shape index (κ3) is 4.34. The fourth-order valence-corrected chi connectivity index (χ4v) is 3.30. The predicted molar refractivity (Wildman–Crippen MR) is 88.1 cm³/mol. The second-order valence-electron chi connectivity index (χ2n) is 7.60. The molecular weight excluding hydrogens is 242 g/mol. The van der Waals surface area contributed by atoms with Crippen LogP contribution >= 0.6 is 0 Å². The van der Waals surface area contributed by atoms with Crippen molar-refractivity contribution in [3.05, 3.63) is 35.4 Å². The first kappa shape index (κ1) is 15.6. The van der Waals surface area contributed by atoms with E-state index in [1.54, 1.807) is 11.1 Å². The topological polar surface area (TPSA) is 12.0 Å². The third-order valence-electron chi connectivity index (χ3n) is 4.51. The summed E-state index contributed by atoms with van der Waals surface area (Å²) in [6.45, 7) is 10.5. The van der Waals surface area contributed by atoms with Crippen LogP contribution in [0.4, 0.5) is 0 Å². The van der Waals surface area contributed by atoms with Crippen molar-refractivity contribution in [1.82, 2.24) is 5.32 Å². The highest BCUT2D eigenvalue weighted by Crippen LogP contribution is 2.32. The minimum Gasteiger partial charge on any atom is -0.314 e. The van der Waals surface area contributed by atoms with Crippen LogP contribution < -0.4 is 5.32 Å². The van der Waals surface area contributed by atoms with Gasteiger partial charge in [0, 0.05) is 6.04 Å². The second kappa shape index (κ2) is 6.76. The van der Waals surface area contributed by atoms with Crippen LogP contribution in [0.5, 0.6) is 0 Å². The van der Waals surface area contributed by atoms with E-state index >= 15 is 0 Å². The Labute approximate surface area is 125 Å². The van der Waals surface area contributed by atoms with Crippen molar-refractivity contribution in [2.24, 2.45) is 11.3 Å². The molecule has 1 aromatic rings. The molecule has 0 saturated carbocycles. The number of hydrogen-bond donors (Lipinski definition) is 1. The van der Waals surface area contributed by atoms with Gasteiger partial charge >= 0.3 is 0 Å². The van der Waals surface area contributed by atoms with Crippen molar-refractivity contribution in [2.75, 3.05) is 6.54 Å². The standard InChI is InChI=1S/C19H31N/c1-5-12-20-18(10-11-19(2,3)4)17-13-15-8-6-7-9-16(15)14-17/h6-9,17-18,20H,5,10-14H2,1-4H3. The molecule has 0 aliphatic heterocycles. The first-order valence-corrected chi connectivity index (χ1v) is 8.30. The minimum absolute atomic E-state index is 0.442. The highest BCUT2D eigenvalue weighted by Gasteiger charge is 2.28. The molecule has 1 aliphatic carbocycles. The molecular formula is C19H31N. The van der Waals surface area contributed by atoms with Crippen LogP contribution in [-0.2, 0) is 12.8 Å². The molecule has 0 aromatic heterocycles. The summed E-state index contributed by atoms with van der Waals surface area (Å²) in [6, 6.07) is 9.68. The first-order valence-electron chi connectivity index (χ1n) is 8.30. The Hall–Kier alpha value is -0.820. The van der Waals surface area contributed by atoms with Crippen molar-refractivity contribution in [3.63, 3.8) is 0 Å². The van der Waals surface area contributed by atoms with E-state index in [0.717, 1.165) is 12.5 Å². The van der Waals surface area contributed by atoms with E-state index in [-0.39, 0.29) is 0 Å². The van der Waals surface area contributed by atoms with E-state index in [0.29, 0.717) is 11.5 Å². The van der Waals surface area contributed by atoms with Crippen LogP contribution in [0.15, 0.2) is 24.3 Å². The van der Waals surface area contributed by atoms with Gasteiger partial charge in [-0.05, 0) is 61.1 Å². The highest BCUT2D eigenvalue weighted by atomic mass is 14.9. The normalized spacial score (nSPS) is 17.2. The Balaban J connectivity index is 1.97. The quantitative estimate of drug-likeness (QED) is 0.799. The van der Waals surface area contributed by atoms with Crippen LogP contribution in [0.1, 0.15) is 58.1 Å². The van der Waals surface area contributed by atoms with Crippen LogP contribution in [0.3, 0.4) is 0 Å².